The van der Waals surface area contributed by atoms with Crippen molar-refractivity contribution in [3.63, 3.8) is 0 Å². The van der Waals surface area contributed by atoms with Gasteiger partial charge in [0.1, 0.15) is 5.56 Å². The van der Waals surface area contributed by atoms with E-state index in [0.29, 0.717) is 10.5 Å². The molecule has 2 N–H and O–H groups in total. The fraction of sp³-hybridized carbons (Fsp3) is 0. The van der Waals surface area contributed by atoms with E-state index >= 15 is 0 Å². The van der Waals surface area contributed by atoms with Crippen LogP contribution in [-0.4, -0.2) is 16.1 Å². The lowest BCUT2D eigenvalue weighted by Gasteiger charge is -2.00. The molecule has 1 aromatic heterocycles. The Morgan fingerprint density at radius 3 is 2.80 bits per heavy atom. The normalized spacial score (nSPS) is 10.5. The number of halogens is 1. The number of pyridine rings is 1. The first-order valence-corrected chi connectivity index (χ1v) is 4.52. The standard InChI is InChI=1S/C10H6ClNO3/c11-7-3-1-2-5-8(7)12-4-6(9(5)13)10(14)15/h1-4H,(H,12,13)(H,14,15). The number of benzene rings is 1. The van der Waals surface area contributed by atoms with Crippen molar-refractivity contribution in [1.82, 2.24) is 4.98 Å². The molecule has 4 nitrogen and oxygen atoms in total. The molecule has 0 amide bonds. The van der Waals surface area contributed by atoms with Crippen LogP contribution in [0.5, 0.6) is 0 Å². The van der Waals surface area contributed by atoms with Crippen molar-refractivity contribution in [2.45, 2.75) is 0 Å². The summed E-state index contributed by atoms with van der Waals surface area (Å²) >= 11 is 5.84. The minimum absolute atomic E-state index is 0.280. The van der Waals surface area contributed by atoms with Crippen LogP contribution in [0.15, 0.2) is 29.2 Å². The molecule has 2 rings (SSSR count). The maximum Gasteiger partial charge on any atom is 0.341 e. The zero-order valence-electron chi connectivity index (χ0n) is 7.45. The Labute approximate surface area is 89.1 Å². The number of carboxylic acids is 1. The number of hydrogen-bond donors (Lipinski definition) is 2. The van der Waals surface area contributed by atoms with Gasteiger partial charge in [-0.3, -0.25) is 4.79 Å². The van der Waals surface area contributed by atoms with Crippen LogP contribution in [0.3, 0.4) is 0 Å². The number of aromatic carboxylic acids is 1. The first-order chi connectivity index (χ1) is 7.11. The first kappa shape index (κ1) is 9.73. The van der Waals surface area contributed by atoms with Gasteiger partial charge in [-0.1, -0.05) is 17.7 Å². The van der Waals surface area contributed by atoms with Crippen molar-refractivity contribution in [3.05, 3.63) is 45.2 Å². The quantitative estimate of drug-likeness (QED) is 0.776. The van der Waals surface area contributed by atoms with Gasteiger partial charge in [0.05, 0.1) is 10.5 Å². The average molecular weight is 224 g/mol. The number of hydrogen-bond acceptors (Lipinski definition) is 2. The predicted molar refractivity (Wildman–Crippen MR) is 56.5 cm³/mol. The number of carboxylic acid groups (broad SMARTS) is 1. The Morgan fingerprint density at radius 1 is 1.40 bits per heavy atom. The minimum Gasteiger partial charge on any atom is -0.477 e. The van der Waals surface area contributed by atoms with E-state index in [1.165, 1.54) is 6.07 Å². The molecule has 0 fully saturated rings. The third kappa shape index (κ3) is 1.49. The smallest absolute Gasteiger partial charge is 0.341 e. The number of para-hydroxylation sites is 1. The molecule has 1 aromatic carbocycles. The van der Waals surface area contributed by atoms with E-state index in [4.69, 9.17) is 16.7 Å². The van der Waals surface area contributed by atoms with Gasteiger partial charge >= 0.3 is 5.97 Å². The van der Waals surface area contributed by atoms with Crippen LogP contribution in [0.4, 0.5) is 0 Å². The molecule has 0 bridgehead atoms. The maximum atomic E-state index is 11.7. The minimum atomic E-state index is -1.25. The van der Waals surface area contributed by atoms with Crippen LogP contribution in [0.25, 0.3) is 10.9 Å². The summed E-state index contributed by atoms with van der Waals surface area (Å²) in [7, 11) is 0. The molecule has 0 aliphatic rings. The Bertz CT molecular complexity index is 603. The van der Waals surface area contributed by atoms with Crippen molar-refractivity contribution in [2.75, 3.05) is 0 Å². The second kappa shape index (κ2) is 3.40. The molecule has 0 aliphatic heterocycles. The topological polar surface area (TPSA) is 70.2 Å². The Hall–Kier alpha value is -1.81. The summed E-state index contributed by atoms with van der Waals surface area (Å²) in [6.45, 7) is 0. The highest BCUT2D eigenvalue weighted by atomic mass is 35.5. The summed E-state index contributed by atoms with van der Waals surface area (Å²) in [5, 5.41) is 9.41. The number of H-pyrrole nitrogens is 1. The molecule has 2 aromatic rings. The fourth-order valence-electron chi connectivity index (χ4n) is 1.37. The fourth-order valence-corrected chi connectivity index (χ4v) is 1.60. The molecule has 0 aliphatic carbocycles. The summed E-state index contributed by atoms with van der Waals surface area (Å²) in [5.74, 6) is -1.25. The van der Waals surface area contributed by atoms with Crippen molar-refractivity contribution >= 4 is 28.5 Å². The van der Waals surface area contributed by atoms with Crippen LogP contribution in [-0.2, 0) is 0 Å². The Morgan fingerprint density at radius 2 is 2.13 bits per heavy atom. The van der Waals surface area contributed by atoms with Gasteiger partial charge in [-0.25, -0.2) is 4.79 Å². The van der Waals surface area contributed by atoms with E-state index < -0.39 is 11.4 Å². The Balaban J connectivity index is 2.92. The molecule has 0 atom stereocenters. The molecular weight excluding hydrogens is 218 g/mol. The van der Waals surface area contributed by atoms with Crippen molar-refractivity contribution in [3.8, 4) is 0 Å². The highest BCUT2D eigenvalue weighted by Crippen LogP contribution is 2.18. The highest BCUT2D eigenvalue weighted by molar-refractivity contribution is 6.35. The van der Waals surface area contributed by atoms with Crippen LogP contribution in [0, 0.1) is 0 Å². The summed E-state index contributed by atoms with van der Waals surface area (Å²) in [4.78, 5) is 25.1. The third-order valence-corrected chi connectivity index (χ3v) is 2.41. The van der Waals surface area contributed by atoms with Crippen LogP contribution < -0.4 is 5.43 Å². The monoisotopic (exact) mass is 223 g/mol. The molecule has 1 heterocycles. The molecule has 5 heteroatoms. The molecule has 0 spiro atoms. The zero-order valence-corrected chi connectivity index (χ0v) is 8.21. The van der Waals surface area contributed by atoms with E-state index in [1.807, 2.05) is 0 Å². The molecule has 0 saturated heterocycles. The number of aromatic nitrogens is 1. The second-order valence-corrected chi connectivity index (χ2v) is 3.41. The number of carbonyl (C=O) groups is 1. The molecule has 0 saturated carbocycles. The second-order valence-electron chi connectivity index (χ2n) is 3.00. The highest BCUT2D eigenvalue weighted by Gasteiger charge is 2.11. The van der Waals surface area contributed by atoms with Gasteiger partial charge in [0.25, 0.3) is 0 Å². The summed E-state index contributed by atoms with van der Waals surface area (Å²) in [6.07, 6.45) is 1.15. The third-order valence-electron chi connectivity index (χ3n) is 2.09. The van der Waals surface area contributed by atoms with Crippen LogP contribution in [0.2, 0.25) is 5.02 Å². The van der Waals surface area contributed by atoms with Gasteiger partial charge in [0.2, 0.25) is 5.43 Å². The first-order valence-electron chi connectivity index (χ1n) is 4.14. The van der Waals surface area contributed by atoms with Gasteiger partial charge in [0, 0.05) is 11.6 Å². The lowest BCUT2D eigenvalue weighted by Crippen LogP contribution is -2.15. The van der Waals surface area contributed by atoms with Gasteiger partial charge in [-0.05, 0) is 12.1 Å². The zero-order chi connectivity index (χ0) is 11.0. The predicted octanol–water partition coefficient (Wildman–Crippen LogP) is 1.88. The van der Waals surface area contributed by atoms with E-state index in [2.05, 4.69) is 4.98 Å². The van der Waals surface area contributed by atoms with Crippen LogP contribution >= 0.6 is 11.6 Å². The van der Waals surface area contributed by atoms with Gasteiger partial charge < -0.3 is 10.1 Å². The van der Waals surface area contributed by atoms with Crippen LogP contribution in [0.1, 0.15) is 10.4 Å². The van der Waals surface area contributed by atoms with Gasteiger partial charge in [-0.15, -0.1) is 0 Å². The lowest BCUT2D eigenvalue weighted by atomic mass is 10.1. The summed E-state index contributed by atoms with van der Waals surface area (Å²) < 4.78 is 0. The summed E-state index contributed by atoms with van der Waals surface area (Å²) in [5.41, 5.74) is -0.363. The van der Waals surface area contributed by atoms with Gasteiger partial charge in [-0.2, -0.15) is 0 Å². The Kier molecular flexibility index (Phi) is 2.21. The van der Waals surface area contributed by atoms with Crippen molar-refractivity contribution in [2.24, 2.45) is 0 Å². The van der Waals surface area contributed by atoms with Crippen molar-refractivity contribution < 1.29 is 9.90 Å². The lowest BCUT2D eigenvalue weighted by molar-refractivity contribution is 0.0695. The molecular formula is C10H6ClNO3. The number of aromatic amines is 1. The molecule has 0 unspecified atom stereocenters. The number of rotatable bonds is 1. The maximum absolute atomic E-state index is 11.7. The SMILES string of the molecule is O=C(O)c1c[nH]c2c(Cl)cccc2c1=O. The molecule has 76 valence electrons. The number of fused-ring (bicyclic) bond motifs is 1. The molecule has 15 heavy (non-hydrogen) atoms. The van der Waals surface area contributed by atoms with Gasteiger partial charge in [0.15, 0.2) is 0 Å². The van der Waals surface area contributed by atoms with E-state index in [0.717, 1.165) is 6.20 Å². The molecule has 0 radical (unpaired) electrons. The van der Waals surface area contributed by atoms with Crippen molar-refractivity contribution in [1.29, 1.82) is 0 Å². The number of nitrogens with one attached hydrogen (secondary N) is 1. The van der Waals surface area contributed by atoms with E-state index in [1.54, 1.807) is 12.1 Å². The van der Waals surface area contributed by atoms with E-state index in [9.17, 15) is 9.59 Å². The largest absolute Gasteiger partial charge is 0.477 e. The van der Waals surface area contributed by atoms with E-state index in [-0.39, 0.29) is 10.9 Å². The average Bonchev–Trinajstić information content (AvgIpc) is 2.19. The summed E-state index contributed by atoms with van der Waals surface area (Å²) in [6, 6.07) is 4.76.